The molecule has 2 aromatic rings. The summed E-state index contributed by atoms with van der Waals surface area (Å²) in [5, 5.41) is 16.4. The van der Waals surface area contributed by atoms with Gasteiger partial charge in [-0.2, -0.15) is 0 Å². The van der Waals surface area contributed by atoms with E-state index in [0.29, 0.717) is 30.9 Å². The maximum Gasteiger partial charge on any atom is 0.126 e. The van der Waals surface area contributed by atoms with Crippen LogP contribution in [0.5, 0.6) is 0 Å². The number of hydrogen-bond acceptors (Lipinski definition) is 3. The monoisotopic (exact) mass is 407 g/mol. The lowest BCUT2D eigenvalue weighted by Crippen LogP contribution is -2.46. The number of aryl methyl sites for hydroxylation is 1. The van der Waals surface area contributed by atoms with Crippen molar-refractivity contribution in [3.8, 4) is 0 Å². The van der Waals surface area contributed by atoms with E-state index in [0.717, 1.165) is 18.9 Å². The Morgan fingerprint density at radius 3 is 2.36 bits per heavy atom. The van der Waals surface area contributed by atoms with Gasteiger partial charge in [-0.25, -0.2) is 8.78 Å². The Labute approximate surface area is 171 Å². The van der Waals surface area contributed by atoms with Crippen LogP contribution in [0.1, 0.15) is 74.3 Å². The highest BCUT2D eigenvalue weighted by molar-refractivity contribution is 7.10. The number of rotatable bonds is 8. The van der Waals surface area contributed by atoms with Crippen molar-refractivity contribution in [2.75, 3.05) is 6.54 Å². The third kappa shape index (κ3) is 5.40. The largest absolute Gasteiger partial charge is 0.392 e. The van der Waals surface area contributed by atoms with Gasteiger partial charge in [0.2, 0.25) is 0 Å². The number of thiophene rings is 1. The van der Waals surface area contributed by atoms with Crippen molar-refractivity contribution in [2.24, 2.45) is 0 Å². The van der Waals surface area contributed by atoms with Crippen LogP contribution in [0.2, 0.25) is 0 Å². The van der Waals surface area contributed by atoms with Gasteiger partial charge in [0.15, 0.2) is 0 Å². The fraction of sp³-hybridized carbons (Fsp3) is 0.565. The van der Waals surface area contributed by atoms with Gasteiger partial charge in [0.1, 0.15) is 11.6 Å². The second-order valence-electron chi connectivity index (χ2n) is 8.39. The third-order valence-corrected chi connectivity index (χ3v) is 7.05. The number of halogens is 2. The summed E-state index contributed by atoms with van der Waals surface area (Å²) < 4.78 is 26.7. The average Bonchev–Trinajstić information content (AvgIpc) is 3.16. The number of benzene rings is 1. The first-order valence-corrected chi connectivity index (χ1v) is 11.2. The van der Waals surface area contributed by atoms with E-state index in [-0.39, 0.29) is 5.54 Å². The first-order valence-electron chi connectivity index (χ1n) is 10.3. The molecule has 0 unspecified atom stereocenters. The van der Waals surface area contributed by atoms with Crippen LogP contribution in [0.15, 0.2) is 29.6 Å². The molecule has 3 rings (SSSR count). The Bertz CT molecular complexity index is 747. The highest BCUT2D eigenvalue weighted by Crippen LogP contribution is 2.40. The van der Waals surface area contributed by atoms with Crippen molar-refractivity contribution in [3.05, 3.63) is 57.3 Å². The quantitative estimate of drug-likeness (QED) is 0.572. The van der Waals surface area contributed by atoms with Crippen molar-refractivity contribution in [1.82, 2.24) is 5.32 Å². The first kappa shape index (κ1) is 21.4. The van der Waals surface area contributed by atoms with E-state index in [4.69, 9.17) is 0 Å². The van der Waals surface area contributed by atoms with Crippen LogP contribution in [-0.4, -0.2) is 17.8 Å². The fourth-order valence-corrected chi connectivity index (χ4v) is 5.16. The fourth-order valence-electron chi connectivity index (χ4n) is 4.13. The summed E-state index contributed by atoms with van der Waals surface area (Å²) >= 11 is 1.82. The van der Waals surface area contributed by atoms with E-state index in [1.165, 1.54) is 41.8 Å². The van der Waals surface area contributed by atoms with E-state index >= 15 is 0 Å². The zero-order chi connectivity index (χ0) is 20.1. The molecule has 5 heteroatoms. The maximum atomic E-state index is 13.3. The van der Waals surface area contributed by atoms with Gasteiger partial charge in [-0.3, -0.25) is 0 Å². The minimum absolute atomic E-state index is 0.0617. The summed E-state index contributed by atoms with van der Waals surface area (Å²) in [6.45, 7) is 4.93. The molecule has 28 heavy (non-hydrogen) atoms. The Morgan fingerprint density at radius 1 is 1.07 bits per heavy atom. The van der Waals surface area contributed by atoms with Gasteiger partial charge >= 0.3 is 0 Å². The van der Waals surface area contributed by atoms with Gasteiger partial charge in [0, 0.05) is 23.0 Å². The standard InChI is InChI=1S/C23H31F2NOS/c1-16(2)22-12-18(15-28-22)23(8-4-3-5-9-23)26-14-21(27)7-6-17-10-19(24)13-20(25)11-17/h10-13,15-16,21,26-27H,3-9,14H2,1-2H3/t21-/m0/s1. The SMILES string of the molecule is CC(C)c1cc(C2(NC[C@@H](O)CCc3cc(F)cc(F)c3)CCCCC2)cs1. The summed E-state index contributed by atoms with van der Waals surface area (Å²) in [5.41, 5.74) is 1.87. The van der Waals surface area contributed by atoms with E-state index in [9.17, 15) is 13.9 Å². The van der Waals surface area contributed by atoms with Crippen LogP contribution >= 0.6 is 11.3 Å². The van der Waals surface area contributed by atoms with Crippen LogP contribution < -0.4 is 5.32 Å². The summed E-state index contributed by atoms with van der Waals surface area (Å²) in [7, 11) is 0. The molecular weight excluding hydrogens is 376 g/mol. The number of aliphatic hydroxyl groups is 1. The van der Waals surface area contributed by atoms with Crippen molar-refractivity contribution >= 4 is 11.3 Å². The molecule has 1 fully saturated rings. The third-order valence-electron chi connectivity index (χ3n) is 5.81. The normalized spacial score (nSPS) is 17.8. The zero-order valence-electron chi connectivity index (χ0n) is 16.8. The summed E-state index contributed by atoms with van der Waals surface area (Å²) in [4.78, 5) is 1.40. The highest BCUT2D eigenvalue weighted by atomic mass is 32.1. The van der Waals surface area contributed by atoms with Crippen molar-refractivity contribution in [2.45, 2.75) is 76.4 Å². The Hall–Kier alpha value is -1.30. The molecule has 1 saturated carbocycles. The van der Waals surface area contributed by atoms with E-state index in [1.807, 2.05) is 11.3 Å². The maximum absolute atomic E-state index is 13.3. The van der Waals surface area contributed by atoms with Gasteiger partial charge in [0.25, 0.3) is 0 Å². The highest BCUT2D eigenvalue weighted by Gasteiger charge is 2.34. The van der Waals surface area contributed by atoms with E-state index in [1.54, 1.807) is 0 Å². The molecule has 1 aliphatic rings. The molecule has 154 valence electrons. The Kier molecular flexibility index (Phi) is 7.24. The zero-order valence-corrected chi connectivity index (χ0v) is 17.6. The molecule has 1 aliphatic carbocycles. The Balaban J connectivity index is 1.61. The smallest absolute Gasteiger partial charge is 0.126 e. The van der Waals surface area contributed by atoms with Gasteiger partial charge < -0.3 is 10.4 Å². The molecule has 2 nitrogen and oxygen atoms in total. The minimum Gasteiger partial charge on any atom is -0.392 e. The van der Waals surface area contributed by atoms with Gasteiger partial charge in [0.05, 0.1) is 6.10 Å². The van der Waals surface area contributed by atoms with Crippen molar-refractivity contribution in [1.29, 1.82) is 0 Å². The second kappa shape index (κ2) is 9.47. The molecule has 1 heterocycles. The molecule has 0 spiro atoms. The number of nitrogens with one attached hydrogen (secondary N) is 1. The predicted molar refractivity (Wildman–Crippen MR) is 112 cm³/mol. The topological polar surface area (TPSA) is 32.3 Å². The Morgan fingerprint density at radius 2 is 1.75 bits per heavy atom. The molecular formula is C23H31F2NOS. The first-order chi connectivity index (χ1) is 13.4. The van der Waals surface area contributed by atoms with E-state index < -0.39 is 17.7 Å². The molecule has 0 amide bonds. The molecule has 0 saturated heterocycles. The lowest BCUT2D eigenvalue weighted by atomic mass is 9.77. The average molecular weight is 408 g/mol. The molecule has 1 aromatic carbocycles. The van der Waals surface area contributed by atoms with Gasteiger partial charge in [-0.1, -0.05) is 33.1 Å². The van der Waals surface area contributed by atoms with Gasteiger partial charge in [-0.05, 0) is 66.3 Å². The van der Waals surface area contributed by atoms with Crippen LogP contribution in [-0.2, 0) is 12.0 Å². The van der Waals surface area contributed by atoms with Gasteiger partial charge in [-0.15, -0.1) is 11.3 Å². The van der Waals surface area contributed by atoms with Crippen LogP contribution in [0.3, 0.4) is 0 Å². The van der Waals surface area contributed by atoms with Crippen LogP contribution in [0.4, 0.5) is 8.78 Å². The predicted octanol–water partition coefficient (Wildman–Crippen LogP) is 5.89. The molecule has 0 aliphatic heterocycles. The molecule has 2 N–H and O–H groups in total. The van der Waals surface area contributed by atoms with Crippen molar-refractivity contribution in [3.63, 3.8) is 0 Å². The van der Waals surface area contributed by atoms with Crippen LogP contribution in [0.25, 0.3) is 0 Å². The van der Waals surface area contributed by atoms with Crippen molar-refractivity contribution < 1.29 is 13.9 Å². The lowest BCUT2D eigenvalue weighted by molar-refractivity contribution is 0.132. The summed E-state index contributed by atoms with van der Waals surface area (Å²) in [6, 6.07) is 5.88. The van der Waals surface area contributed by atoms with Crippen LogP contribution in [0, 0.1) is 11.6 Å². The molecule has 0 radical (unpaired) electrons. The van der Waals surface area contributed by atoms with E-state index in [2.05, 4.69) is 30.6 Å². The number of hydrogen-bond donors (Lipinski definition) is 2. The summed E-state index contributed by atoms with van der Waals surface area (Å²) in [6.07, 6.45) is 6.21. The molecule has 0 bridgehead atoms. The second-order valence-corrected chi connectivity index (χ2v) is 9.33. The summed E-state index contributed by atoms with van der Waals surface area (Å²) in [5.74, 6) is -0.610. The number of aliphatic hydroxyl groups excluding tert-OH is 1. The lowest BCUT2D eigenvalue weighted by Gasteiger charge is -2.39. The molecule has 1 atom stereocenters. The molecule has 1 aromatic heterocycles. The minimum atomic E-state index is -0.567.